The van der Waals surface area contributed by atoms with Gasteiger partial charge in [-0.1, -0.05) is 69.3 Å². The lowest BCUT2D eigenvalue weighted by Crippen LogP contribution is -2.49. The molecular weight excluding hydrogens is 444 g/mol. The monoisotopic (exact) mass is 478 g/mol. The van der Waals surface area contributed by atoms with Gasteiger partial charge in [0.15, 0.2) is 0 Å². The Hall–Kier alpha value is -3.35. The van der Waals surface area contributed by atoms with Gasteiger partial charge >= 0.3 is 12.1 Å². The number of fused-ring (bicyclic) bond motifs is 3. The molecule has 7 nitrogen and oxygen atoms in total. The third-order valence-electron chi connectivity index (χ3n) is 7.94. The molecule has 2 amide bonds. The lowest BCUT2D eigenvalue weighted by atomic mass is 9.80. The molecule has 2 aromatic carbocycles. The fourth-order valence-corrected chi connectivity index (χ4v) is 5.56. The van der Waals surface area contributed by atoms with Crippen LogP contribution in [0.25, 0.3) is 11.1 Å². The Morgan fingerprint density at radius 1 is 1.00 bits per heavy atom. The number of carbonyl (C=O) groups is 3. The Kier molecular flexibility index (Phi) is 7.15. The summed E-state index contributed by atoms with van der Waals surface area (Å²) in [5.41, 5.74) is 3.82. The highest BCUT2D eigenvalue weighted by atomic mass is 16.5. The number of carboxylic acids is 1. The van der Waals surface area contributed by atoms with Crippen LogP contribution in [0.3, 0.4) is 0 Å². The Balaban J connectivity index is 1.39. The Bertz CT molecular complexity index is 1060. The number of carboxylic acid groups (broad SMARTS) is 1. The van der Waals surface area contributed by atoms with E-state index in [1.54, 1.807) is 4.90 Å². The minimum atomic E-state index is -0.872. The first kappa shape index (κ1) is 24.8. The van der Waals surface area contributed by atoms with Crippen LogP contribution in [-0.2, 0) is 14.3 Å². The van der Waals surface area contributed by atoms with Gasteiger partial charge in [-0.25, -0.2) is 4.79 Å². The highest BCUT2D eigenvalue weighted by Gasteiger charge is 2.44. The average molecular weight is 479 g/mol. The zero-order chi connectivity index (χ0) is 25.2. The molecule has 0 saturated carbocycles. The summed E-state index contributed by atoms with van der Waals surface area (Å²) in [5, 5.41) is 12.3. The normalized spacial score (nSPS) is 19.2. The van der Waals surface area contributed by atoms with Crippen LogP contribution in [0, 0.1) is 17.3 Å². The average Bonchev–Trinajstić information content (AvgIpc) is 3.41. The number of nitrogens with zero attached hydrogens (tertiary/aromatic N) is 1. The molecular formula is C28H34N2O5. The first-order valence-electron chi connectivity index (χ1n) is 12.4. The van der Waals surface area contributed by atoms with E-state index in [4.69, 9.17) is 4.74 Å². The smallest absolute Gasteiger partial charge is 0.407 e. The van der Waals surface area contributed by atoms with Crippen LogP contribution in [0.2, 0.25) is 0 Å². The molecule has 0 spiro atoms. The standard InChI is InChI=1S/C28H34N2O5/c1-4-28(5-2,26(33)30-14-18(3)23(15-30)25(31)32)17-29-27(34)35-16-24-21-12-8-6-10-19(21)20-11-7-9-13-22(20)24/h6-13,18,23-24H,4-5,14-17H2,1-3H3,(H,29,34)(H,31,32). The summed E-state index contributed by atoms with van der Waals surface area (Å²) < 4.78 is 5.64. The van der Waals surface area contributed by atoms with Gasteiger partial charge < -0.3 is 20.1 Å². The molecule has 1 aliphatic carbocycles. The number of hydrogen-bond donors (Lipinski definition) is 2. The molecule has 1 saturated heterocycles. The van der Waals surface area contributed by atoms with Gasteiger partial charge in [0.1, 0.15) is 6.61 Å². The predicted molar refractivity (Wildman–Crippen MR) is 133 cm³/mol. The largest absolute Gasteiger partial charge is 0.481 e. The van der Waals surface area contributed by atoms with Gasteiger partial charge in [0, 0.05) is 25.6 Å². The second-order valence-corrected chi connectivity index (χ2v) is 9.80. The zero-order valence-electron chi connectivity index (χ0n) is 20.6. The van der Waals surface area contributed by atoms with Crippen LogP contribution in [0.15, 0.2) is 48.5 Å². The quantitative estimate of drug-likeness (QED) is 0.582. The lowest BCUT2D eigenvalue weighted by molar-refractivity contribution is -0.143. The van der Waals surface area contributed by atoms with Gasteiger partial charge in [-0.2, -0.15) is 0 Å². The van der Waals surface area contributed by atoms with Crippen LogP contribution in [0.4, 0.5) is 4.79 Å². The van der Waals surface area contributed by atoms with Crippen molar-refractivity contribution in [2.75, 3.05) is 26.2 Å². The van der Waals surface area contributed by atoms with E-state index in [-0.39, 0.29) is 37.4 Å². The van der Waals surface area contributed by atoms with E-state index in [9.17, 15) is 19.5 Å². The molecule has 0 radical (unpaired) electrons. The van der Waals surface area contributed by atoms with Crippen molar-refractivity contribution in [1.82, 2.24) is 10.2 Å². The number of ether oxygens (including phenoxy) is 1. The van der Waals surface area contributed by atoms with Crippen LogP contribution in [0.5, 0.6) is 0 Å². The van der Waals surface area contributed by atoms with Crippen molar-refractivity contribution in [2.45, 2.75) is 39.5 Å². The molecule has 2 atom stereocenters. The van der Waals surface area contributed by atoms with Gasteiger partial charge in [-0.3, -0.25) is 9.59 Å². The van der Waals surface area contributed by atoms with Crippen molar-refractivity contribution < 1.29 is 24.2 Å². The number of nitrogens with one attached hydrogen (secondary N) is 1. The van der Waals surface area contributed by atoms with Gasteiger partial charge in [-0.05, 0) is 41.0 Å². The van der Waals surface area contributed by atoms with E-state index in [1.807, 2.05) is 45.0 Å². The summed E-state index contributed by atoms with van der Waals surface area (Å²) in [6, 6.07) is 16.3. The minimum Gasteiger partial charge on any atom is -0.481 e. The maximum absolute atomic E-state index is 13.4. The number of alkyl carbamates (subject to hydrolysis) is 1. The van der Waals surface area contributed by atoms with Gasteiger partial charge in [0.05, 0.1) is 11.3 Å². The molecule has 1 heterocycles. The second kappa shape index (κ2) is 10.1. The molecule has 7 heteroatoms. The molecule has 1 aliphatic heterocycles. The summed E-state index contributed by atoms with van der Waals surface area (Å²) in [4.78, 5) is 39.3. The molecule has 4 rings (SSSR count). The van der Waals surface area contributed by atoms with Crippen LogP contribution < -0.4 is 5.32 Å². The number of aliphatic carboxylic acids is 1. The SMILES string of the molecule is CCC(CC)(CNC(=O)OCC1c2ccccc2-c2ccccc21)C(=O)N1CC(C)C(C(=O)O)C1. The van der Waals surface area contributed by atoms with Crippen LogP contribution in [-0.4, -0.2) is 54.2 Å². The number of likely N-dealkylation sites (tertiary alicyclic amines) is 1. The Morgan fingerprint density at radius 2 is 1.57 bits per heavy atom. The number of rotatable bonds is 8. The zero-order valence-corrected chi connectivity index (χ0v) is 20.6. The predicted octanol–water partition coefficient (Wildman–Crippen LogP) is 4.51. The summed E-state index contributed by atoms with van der Waals surface area (Å²) >= 11 is 0. The molecule has 0 bridgehead atoms. The fraction of sp³-hybridized carbons (Fsp3) is 0.464. The fourth-order valence-electron chi connectivity index (χ4n) is 5.56. The van der Waals surface area contributed by atoms with Crippen molar-refractivity contribution in [3.63, 3.8) is 0 Å². The van der Waals surface area contributed by atoms with E-state index in [1.165, 1.54) is 0 Å². The van der Waals surface area contributed by atoms with Crippen molar-refractivity contribution in [3.05, 3.63) is 59.7 Å². The first-order chi connectivity index (χ1) is 16.8. The second-order valence-electron chi connectivity index (χ2n) is 9.80. The number of hydrogen-bond acceptors (Lipinski definition) is 4. The molecule has 2 aromatic rings. The lowest BCUT2D eigenvalue weighted by Gasteiger charge is -2.34. The van der Waals surface area contributed by atoms with Gasteiger partial charge in [0.25, 0.3) is 0 Å². The molecule has 2 aliphatic rings. The summed E-state index contributed by atoms with van der Waals surface area (Å²) in [5.74, 6) is -1.66. The number of amides is 2. The topological polar surface area (TPSA) is 95.9 Å². The third-order valence-corrected chi connectivity index (χ3v) is 7.94. The highest BCUT2D eigenvalue weighted by molar-refractivity contribution is 5.85. The van der Waals surface area contributed by atoms with Gasteiger partial charge in [0.2, 0.25) is 5.91 Å². The van der Waals surface area contributed by atoms with E-state index in [0.717, 1.165) is 22.3 Å². The summed E-state index contributed by atoms with van der Waals surface area (Å²) in [7, 11) is 0. The van der Waals surface area contributed by atoms with E-state index < -0.39 is 23.4 Å². The molecule has 0 aromatic heterocycles. The van der Waals surface area contributed by atoms with Gasteiger partial charge in [-0.15, -0.1) is 0 Å². The molecule has 2 unspecified atom stereocenters. The minimum absolute atomic E-state index is 0.0315. The van der Waals surface area contributed by atoms with Crippen molar-refractivity contribution in [1.29, 1.82) is 0 Å². The molecule has 2 N–H and O–H groups in total. The van der Waals surface area contributed by atoms with E-state index in [2.05, 4.69) is 29.6 Å². The number of carbonyl (C=O) groups excluding carboxylic acids is 2. The number of benzene rings is 2. The van der Waals surface area contributed by atoms with E-state index >= 15 is 0 Å². The summed E-state index contributed by atoms with van der Waals surface area (Å²) in [6.07, 6.45) is 0.521. The Morgan fingerprint density at radius 3 is 2.09 bits per heavy atom. The van der Waals surface area contributed by atoms with Crippen LogP contribution in [0.1, 0.15) is 50.7 Å². The first-order valence-corrected chi connectivity index (χ1v) is 12.4. The van der Waals surface area contributed by atoms with E-state index in [0.29, 0.717) is 19.4 Å². The van der Waals surface area contributed by atoms with Crippen molar-refractivity contribution >= 4 is 18.0 Å². The maximum Gasteiger partial charge on any atom is 0.407 e. The molecule has 186 valence electrons. The Labute approximate surface area is 206 Å². The van der Waals surface area contributed by atoms with Crippen LogP contribution >= 0.6 is 0 Å². The molecule has 1 fully saturated rings. The van der Waals surface area contributed by atoms with Crippen molar-refractivity contribution in [2.24, 2.45) is 17.3 Å². The maximum atomic E-state index is 13.4. The summed E-state index contributed by atoms with van der Waals surface area (Å²) in [6.45, 7) is 6.70. The highest BCUT2D eigenvalue weighted by Crippen LogP contribution is 2.44. The third kappa shape index (κ3) is 4.64. The van der Waals surface area contributed by atoms with Crippen molar-refractivity contribution in [3.8, 4) is 11.1 Å². The molecule has 35 heavy (non-hydrogen) atoms.